The molecular formula is C16H16Cl2N2. The molecule has 1 aromatic carbocycles. The first-order chi connectivity index (χ1) is 9.78. The van der Waals surface area contributed by atoms with Crippen LogP contribution in [0.15, 0.2) is 42.6 Å². The minimum atomic E-state index is 0.444. The predicted molar refractivity (Wildman–Crippen MR) is 84.8 cm³/mol. The fourth-order valence-corrected chi connectivity index (χ4v) is 3.18. The largest absolute Gasteiger partial charge is 0.355 e. The second-order valence-electron chi connectivity index (χ2n) is 5.12. The van der Waals surface area contributed by atoms with Gasteiger partial charge >= 0.3 is 0 Å². The molecule has 1 aliphatic rings. The molecular weight excluding hydrogens is 291 g/mol. The Labute approximate surface area is 129 Å². The van der Waals surface area contributed by atoms with Gasteiger partial charge in [-0.25, -0.2) is 4.98 Å². The van der Waals surface area contributed by atoms with E-state index in [-0.39, 0.29) is 0 Å². The molecule has 1 fully saturated rings. The van der Waals surface area contributed by atoms with Crippen molar-refractivity contribution >= 4 is 29.0 Å². The van der Waals surface area contributed by atoms with Crippen LogP contribution in [-0.4, -0.2) is 18.1 Å². The topological polar surface area (TPSA) is 16.1 Å². The Balaban J connectivity index is 1.77. The van der Waals surface area contributed by atoms with E-state index < -0.39 is 0 Å². The number of hydrogen-bond acceptors (Lipinski definition) is 2. The van der Waals surface area contributed by atoms with Crippen molar-refractivity contribution in [2.45, 2.75) is 18.2 Å². The lowest BCUT2D eigenvalue weighted by Crippen LogP contribution is -2.20. The zero-order valence-electron chi connectivity index (χ0n) is 11.1. The molecule has 2 aromatic rings. The van der Waals surface area contributed by atoms with Crippen molar-refractivity contribution in [1.29, 1.82) is 0 Å². The van der Waals surface area contributed by atoms with Crippen molar-refractivity contribution in [3.8, 4) is 0 Å². The van der Waals surface area contributed by atoms with Gasteiger partial charge in [0, 0.05) is 31.1 Å². The van der Waals surface area contributed by atoms with Gasteiger partial charge in [0.15, 0.2) is 0 Å². The minimum absolute atomic E-state index is 0.444. The van der Waals surface area contributed by atoms with E-state index in [2.05, 4.69) is 40.2 Å². The SMILES string of the molecule is ClCc1cnc(N2CCC(c3ccccc3)C2)c(Cl)c1. The number of hydrogen-bond donors (Lipinski definition) is 0. The summed E-state index contributed by atoms with van der Waals surface area (Å²) < 4.78 is 0. The number of aromatic nitrogens is 1. The van der Waals surface area contributed by atoms with Crippen LogP contribution in [0.3, 0.4) is 0 Å². The summed E-state index contributed by atoms with van der Waals surface area (Å²) in [6.45, 7) is 1.96. The summed E-state index contributed by atoms with van der Waals surface area (Å²) in [5, 5.41) is 0.692. The number of halogens is 2. The molecule has 2 nitrogen and oxygen atoms in total. The molecule has 104 valence electrons. The van der Waals surface area contributed by atoms with Crippen LogP contribution in [0.1, 0.15) is 23.5 Å². The third-order valence-corrected chi connectivity index (χ3v) is 4.38. The molecule has 4 heteroatoms. The van der Waals surface area contributed by atoms with Gasteiger partial charge in [-0.15, -0.1) is 11.6 Å². The Morgan fingerprint density at radius 3 is 2.75 bits per heavy atom. The highest BCUT2D eigenvalue weighted by atomic mass is 35.5. The molecule has 2 heterocycles. The molecule has 0 aliphatic carbocycles. The first-order valence-corrected chi connectivity index (χ1v) is 7.69. The molecule has 0 spiro atoms. The molecule has 0 radical (unpaired) electrons. The lowest BCUT2D eigenvalue weighted by Gasteiger charge is -2.19. The average Bonchev–Trinajstić information content (AvgIpc) is 2.97. The molecule has 0 amide bonds. The fraction of sp³-hybridized carbons (Fsp3) is 0.312. The summed E-state index contributed by atoms with van der Waals surface area (Å²) in [6, 6.07) is 12.5. The monoisotopic (exact) mass is 306 g/mol. The summed E-state index contributed by atoms with van der Waals surface area (Å²) in [4.78, 5) is 6.73. The van der Waals surface area contributed by atoms with Gasteiger partial charge in [-0.1, -0.05) is 41.9 Å². The van der Waals surface area contributed by atoms with Gasteiger partial charge < -0.3 is 4.90 Å². The zero-order valence-corrected chi connectivity index (χ0v) is 12.6. The Bertz CT molecular complexity index is 586. The van der Waals surface area contributed by atoms with E-state index in [0.29, 0.717) is 16.8 Å². The van der Waals surface area contributed by atoms with Crippen LogP contribution >= 0.6 is 23.2 Å². The summed E-state index contributed by atoms with van der Waals surface area (Å²) >= 11 is 12.1. The Kier molecular flexibility index (Phi) is 4.13. The quantitative estimate of drug-likeness (QED) is 0.778. The molecule has 1 aromatic heterocycles. The summed E-state index contributed by atoms with van der Waals surface area (Å²) in [7, 11) is 0. The molecule has 0 bridgehead atoms. The number of nitrogens with zero attached hydrogens (tertiary/aromatic N) is 2. The molecule has 1 unspecified atom stereocenters. The normalized spacial score (nSPS) is 18.5. The van der Waals surface area contributed by atoms with E-state index in [4.69, 9.17) is 23.2 Å². The van der Waals surface area contributed by atoms with Crippen molar-refractivity contribution < 1.29 is 0 Å². The van der Waals surface area contributed by atoms with Crippen LogP contribution < -0.4 is 4.90 Å². The Hall–Kier alpha value is -1.25. The first kappa shape index (κ1) is 13.7. The van der Waals surface area contributed by atoms with Gasteiger partial charge in [0.1, 0.15) is 5.82 Å². The van der Waals surface area contributed by atoms with Gasteiger partial charge in [-0.05, 0) is 23.6 Å². The number of alkyl halides is 1. The van der Waals surface area contributed by atoms with E-state index in [9.17, 15) is 0 Å². The van der Waals surface area contributed by atoms with E-state index in [1.54, 1.807) is 0 Å². The average molecular weight is 307 g/mol. The maximum Gasteiger partial charge on any atom is 0.147 e. The Morgan fingerprint density at radius 1 is 1.25 bits per heavy atom. The number of benzene rings is 1. The third kappa shape index (κ3) is 2.77. The molecule has 3 rings (SSSR count). The maximum atomic E-state index is 6.32. The van der Waals surface area contributed by atoms with E-state index in [1.165, 1.54) is 5.56 Å². The fourth-order valence-electron chi connectivity index (χ4n) is 2.73. The second kappa shape index (κ2) is 6.02. The molecule has 0 N–H and O–H groups in total. The van der Waals surface area contributed by atoms with Crippen molar-refractivity contribution in [2.75, 3.05) is 18.0 Å². The van der Waals surface area contributed by atoms with Crippen LogP contribution in [0.5, 0.6) is 0 Å². The van der Waals surface area contributed by atoms with Crippen molar-refractivity contribution in [2.24, 2.45) is 0 Å². The van der Waals surface area contributed by atoms with Crippen molar-refractivity contribution in [1.82, 2.24) is 4.98 Å². The second-order valence-corrected chi connectivity index (χ2v) is 5.80. The van der Waals surface area contributed by atoms with Crippen LogP contribution in [0.4, 0.5) is 5.82 Å². The van der Waals surface area contributed by atoms with Gasteiger partial charge in [0.05, 0.1) is 5.02 Å². The van der Waals surface area contributed by atoms with E-state index in [1.807, 2.05) is 12.3 Å². The van der Waals surface area contributed by atoms with Crippen molar-refractivity contribution in [3.63, 3.8) is 0 Å². The molecule has 0 saturated carbocycles. The number of pyridine rings is 1. The summed E-state index contributed by atoms with van der Waals surface area (Å²) in [6.07, 6.45) is 2.95. The van der Waals surface area contributed by atoms with Gasteiger partial charge in [-0.3, -0.25) is 0 Å². The van der Waals surface area contributed by atoms with Gasteiger partial charge in [0.25, 0.3) is 0 Å². The van der Waals surface area contributed by atoms with Gasteiger partial charge in [-0.2, -0.15) is 0 Å². The molecule has 1 aliphatic heterocycles. The van der Waals surface area contributed by atoms with Crippen LogP contribution in [0, 0.1) is 0 Å². The van der Waals surface area contributed by atoms with Gasteiger partial charge in [0.2, 0.25) is 0 Å². The standard InChI is InChI=1S/C16H16Cl2N2/c17-9-12-8-15(18)16(19-10-12)20-7-6-14(11-20)13-4-2-1-3-5-13/h1-5,8,10,14H,6-7,9,11H2. The van der Waals surface area contributed by atoms with Crippen LogP contribution in [-0.2, 0) is 5.88 Å². The molecule has 20 heavy (non-hydrogen) atoms. The van der Waals surface area contributed by atoms with Crippen molar-refractivity contribution in [3.05, 3.63) is 58.7 Å². The molecule has 1 saturated heterocycles. The zero-order chi connectivity index (χ0) is 13.9. The number of rotatable bonds is 3. The smallest absolute Gasteiger partial charge is 0.147 e. The van der Waals surface area contributed by atoms with Crippen LogP contribution in [0.25, 0.3) is 0 Å². The minimum Gasteiger partial charge on any atom is -0.355 e. The predicted octanol–water partition coefficient (Wildman–Crippen LogP) is 4.47. The van der Waals surface area contributed by atoms with Crippen LogP contribution in [0.2, 0.25) is 5.02 Å². The molecule has 1 atom stereocenters. The highest BCUT2D eigenvalue weighted by Crippen LogP contribution is 2.33. The number of anilines is 1. The lowest BCUT2D eigenvalue weighted by molar-refractivity contribution is 0.774. The lowest BCUT2D eigenvalue weighted by atomic mass is 9.99. The highest BCUT2D eigenvalue weighted by molar-refractivity contribution is 6.33. The summed E-state index contributed by atoms with van der Waals surface area (Å²) in [5.41, 5.74) is 2.35. The third-order valence-electron chi connectivity index (χ3n) is 3.79. The first-order valence-electron chi connectivity index (χ1n) is 6.78. The van der Waals surface area contributed by atoms with E-state index >= 15 is 0 Å². The maximum absolute atomic E-state index is 6.32. The highest BCUT2D eigenvalue weighted by Gasteiger charge is 2.25. The Morgan fingerprint density at radius 2 is 2.05 bits per heavy atom. The van der Waals surface area contributed by atoms with E-state index in [0.717, 1.165) is 30.9 Å². The summed E-state index contributed by atoms with van der Waals surface area (Å²) in [5.74, 6) is 1.88.